The Morgan fingerprint density at radius 1 is 1.00 bits per heavy atom. The third-order valence-corrected chi connectivity index (χ3v) is 3.49. The predicted octanol–water partition coefficient (Wildman–Crippen LogP) is 2.85. The van der Waals surface area contributed by atoms with Crippen molar-refractivity contribution in [3.63, 3.8) is 0 Å². The maximum absolute atomic E-state index is 13.3. The third kappa shape index (κ3) is 2.23. The van der Waals surface area contributed by atoms with Gasteiger partial charge in [0.2, 0.25) is 0 Å². The Hall–Kier alpha value is -2.07. The Morgan fingerprint density at radius 3 is 2.45 bits per heavy atom. The van der Waals surface area contributed by atoms with Gasteiger partial charge < -0.3 is 14.6 Å². The summed E-state index contributed by atoms with van der Waals surface area (Å²) in [5.41, 5.74) is -0.167. The molecule has 104 valence electrons. The van der Waals surface area contributed by atoms with Crippen LogP contribution in [0.5, 0.6) is 11.5 Å². The molecule has 3 nitrogen and oxygen atoms in total. The highest BCUT2D eigenvalue weighted by atomic mass is 19.1. The molecule has 0 aromatic heterocycles. The van der Waals surface area contributed by atoms with Crippen molar-refractivity contribution in [1.82, 2.24) is 0 Å². The van der Waals surface area contributed by atoms with Crippen LogP contribution >= 0.6 is 0 Å². The smallest absolute Gasteiger partial charge is 0.161 e. The number of halogens is 1. The molecule has 20 heavy (non-hydrogen) atoms. The zero-order valence-electron chi connectivity index (χ0n) is 11.1. The van der Waals surface area contributed by atoms with E-state index in [0.717, 1.165) is 0 Å². The lowest BCUT2D eigenvalue weighted by atomic mass is 9.88. The summed E-state index contributed by atoms with van der Waals surface area (Å²) in [6, 6.07) is 11.2. The van der Waals surface area contributed by atoms with E-state index in [1.165, 1.54) is 12.1 Å². The average molecular weight is 274 g/mol. The second-order valence-electron chi connectivity index (χ2n) is 4.94. The van der Waals surface area contributed by atoms with E-state index in [4.69, 9.17) is 9.47 Å². The Labute approximate surface area is 116 Å². The van der Waals surface area contributed by atoms with Gasteiger partial charge in [-0.15, -0.1) is 0 Å². The fraction of sp³-hybridized carbons (Fsp3) is 0.250. The van der Waals surface area contributed by atoms with Crippen molar-refractivity contribution in [3.8, 4) is 11.5 Å². The molecule has 0 fully saturated rings. The Kier molecular flexibility index (Phi) is 3.10. The number of aliphatic hydroxyl groups is 1. The minimum Gasteiger partial charge on any atom is -0.486 e. The van der Waals surface area contributed by atoms with Gasteiger partial charge in [0.1, 0.15) is 24.6 Å². The van der Waals surface area contributed by atoms with Crippen LogP contribution in [-0.2, 0) is 5.60 Å². The summed E-state index contributed by atoms with van der Waals surface area (Å²) in [7, 11) is 0. The highest BCUT2D eigenvalue weighted by molar-refractivity contribution is 5.47. The second-order valence-corrected chi connectivity index (χ2v) is 4.94. The summed E-state index contributed by atoms with van der Waals surface area (Å²) >= 11 is 0. The van der Waals surface area contributed by atoms with Gasteiger partial charge in [0.05, 0.1) is 0 Å². The lowest BCUT2D eigenvalue weighted by Crippen LogP contribution is -2.24. The molecule has 1 N–H and O–H groups in total. The van der Waals surface area contributed by atoms with Crippen molar-refractivity contribution in [1.29, 1.82) is 0 Å². The van der Waals surface area contributed by atoms with Crippen molar-refractivity contribution in [2.24, 2.45) is 0 Å². The van der Waals surface area contributed by atoms with Crippen LogP contribution in [0.1, 0.15) is 18.1 Å². The first kappa shape index (κ1) is 12.9. The number of rotatable bonds is 2. The summed E-state index contributed by atoms with van der Waals surface area (Å²) in [5.74, 6) is 0.890. The summed E-state index contributed by atoms with van der Waals surface area (Å²) in [6.07, 6.45) is 0. The van der Waals surface area contributed by atoms with E-state index in [0.29, 0.717) is 35.8 Å². The number of hydrogen-bond acceptors (Lipinski definition) is 3. The average Bonchev–Trinajstić information content (AvgIpc) is 2.46. The molecule has 0 amide bonds. The largest absolute Gasteiger partial charge is 0.486 e. The SMILES string of the molecule is CC(O)(c1cccc(F)c1)c1ccc2c(c1)OCCO2. The first-order valence-electron chi connectivity index (χ1n) is 6.46. The Bertz CT molecular complexity index is 637. The van der Waals surface area contributed by atoms with Gasteiger partial charge in [0.15, 0.2) is 11.5 Å². The molecule has 2 aromatic rings. The van der Waals surface area contributed by atoms with Crippen molar-refractivity contribution in [2.45, 2.75) is 12.5 Å². The van der Waals surface area contributed by atoms with Gasteiger partial charge in [-0.1, -0.05) is 18.2 Å². The molecule has 4 heteroatoms. The zero-order valence-corrected chi connectivity index (χ0v) is 11.1. The summed E-state index contributed by atoms with van der Waals surface area (Å²) in [4.78, 5) is 0. The Morgan fingerprint density at radius 2 is 1.70 bits per heavy atom. The number of fused-ring (bicyclic) bond motifs is 1. The molecule has 0 radical (unpaired) electrons. The van der Waals surface area contributed by atoms with Crippen molar-refractivity contribution in [2.75, 3.05) is 13.2 Å². The van der Waals surface area contributed by atoms with E-state index in [1.807, 2.05) is 0 Å². The monoisotopic (exact) mass is 274 g/mol. The molecule has 0 saturated carbocycles. The minimum atomic E-state index is -1.29. The topological polar surface area (TPSA) is 38.7 Å². The van der Waals surface area contributed by atoms with E-state index in [-0.39, 0.29) is 5.82 Å². The van der Waals surface area contributed by atoms with Gasteiger partial charge >= 0.3 is 0 Å². The van der Waals surface area contributed by atoms with Crippen LogP contribution in [0.2, 0.25) is 0 Å². The van der Waals surface area contributed by atoms with E-state index < -0.39 is 5.60 Å². The van der Waals surface area contributed by atoms with Crippen molar-refractivity contribution >= 4 is 0 Å². The molecule has 0 bridgehead atoms. The maximum Gasteiger partial charge on any atom is 0.161 e. The molecular weight excluding hydrogens is 259 g/mol. The van der Waals surface area contributed by atoms with Gasteiger partial charge in [-0.3, -0.25) is 0 Å². The standard InChI is InChI=1S/C16H15FO3/c1-16(18,11-3-2-4-13(17)9-11)12-5-6-14-15(10-12)20-8-7-19-14/h2-6,9-10,18H,7-8H2,1H3. The molecule has 1 aliphatic rings. The second kappa shape index (κ2) is 4.80. The highest BCUT2D eigenvalue weighted by Gasteiger charge is 2.27. The molecule has 2 aromatic carbocycles. The molecule has 1 heterocycles. The lowest BCUT2D eigenvalue weighted by Gasteiger charge is -2.27. The quantitative estimate of drug-likeness (QED) is 0.915. The lowest BCUT2D eigenvalue weighted by molar-refractivity contribution is 0.100. The number of ether oxygens (including phenoxy) is 2. The van der Waals surface area contributed by atoms with Crippen LogP contribution in [0.4, 0.5) is 4.39 Å². The number of hydrogen-bond donors (Lipinski definition) is 1. The van der Waals surface area contributed by atoms with Crippen LogP contribution < -0.4 is 9.47 Å². The van der Waals surface area contributed by atoms with Crippen LogP contribution in [0.3, 0.4) is 0 Å². The van der Waals surface area contributed by atoms with E-state index >= 15 is 0 Å². The van der Waals surface area contributed by atoms with Gasteiger partial charge in [-0.2, -0.15) is 0 Å². The van der Waals surface area contributed by atoms with Gasteiger partial charge in [-0.05, 0) is 42.3 Å². The molecule has 0 spiro atoms. The van der Waals surface area contributed by atoms with E-state index in [9.17, 15) is 9.50 Å². The van der Waals surface area contributed by atoms with Crippen LogP contribution in [0, 0.1) is 5.82 Å². The molecule has 1 unspecified atom stereocenters. The molecule has 0 aliphatic carbocycles. The summed E-state index contributed by atoms with van der Waals surface area (Å²) in [6.45, 7) is 2.64. The summed E-state index contributed by atoms with van der Waals surface area (Å²) < 4.78 is 24.3. The first-order valence-corrected chi connectivity index (χ1v) is 6.46. The fourth-order valence-corrected chi connectivity index (χ4v) is 2.30. The summed E-state index contributed by atoms with van der Waals surface area (Å²) in [5, 5.41) is 10.7. The van der Waals surface area contributed by atoms with Gasteiger partial charge in [0, 0.05) is 0 Å². The van der Waals surface area contributed by atoms with Gasteiger partial charge in [-0.25, -0.2) is 4.39 Å². The Balaban J connectivity index is 2.02. The normalized spacial score (nSPS) is 16.6. The molecule has 3 rings (SSSR count). The highest BCUT2D eigenvalue weighted by Crippen LogP contribution is 2.37. The third-order valence-electron chi connectivity index (χ3n) is 3.49. The van der Waals surface area contributed by atoms with E-state index in [2.05, 4.69) is 0 Å². The van der Waals surface area contributed by atoms with Crippen molar-refractivity contribution < 1.29 is 19.0 Å². The van der Waals surface area contributed by atoms with Gasteiger partial charge in [0.25, 0.3) is 0 Å². The van der Waals surface area contributed by atoms with Crippen molar-refractivity contribution in [3.05, 3.63) is 59.4 Å². The fourth-order valence-electron chi connectivity index (χ4n) is 2.30. The first-order chi connectivity index (χ1) is 9.57. The molecular formula is C16H15FO3. The molecule has 1 atom stereocenters. The van der Waals surface area contributed by atoms with Crippen LogP contribution in [0.25, 0.3) is 0 Å². The molecule has 1 aliphatic heterocycles. The van der Waals surface area contributed by atoms with Crippen LogP contribution in [0.15, 0.2) is 42.5 Å². The molecule has 0 saturated heterocycles. The van der Waals surface area contributed by atoms with Crippen LogP contribution in [-0.4, -0.2) is 18.3 Å². The number of benzene rings is 2. The maximum atomic E-state index is 13.3. The minimum absolute atomic E-state index is 0.375. The van der Waals surface area contributed by atoms with E-state index in [1.54, 1.807) is 37.3 Å². The zero-order chi connectivity index (χ0) is 14.2. The predicted molar refractivity (Wildman–Crippen MR) is 72.5 cm³/mol.